The number of aromatic amines is 1. The maximum atomic E-state index is 4.32. The van der Waals surface area contributed by atoms with E-state index in [0.29, 0.717) is 6.54 Å². The molecular weight excluding hydrogens is 354 g/mol. The van der Waals surface area contributed by atoms with Gasteiger partial charge < -0.3 is 10.6 Å². The second kappa shape index (κ2) is 6.74. The number of aryl methyl sites for hydroxylation is 1. The summed E-state index contributed by atoms with van der Waals surface area (Å²) in [6, 6.07) is 8.49. The number of hydrogen-bond acceptors (Lipinski definition) is 2. The fourth-order valence-corrected chi connectivity index (χ4v) is 3.50. The van der Waals surface area contributed by atoms with Crippen molar-refractivity contribution < 1.29 is 0 Å². The van der Waals surface area contributed by atoms with Crippen LogP contribution in [0.15, 0.2) is 39.9 Å². The molecule has 1 fully saturated rings. The first-order valence-corrected chi connectivity index (χ1v) is 8.62. The number of benzene rings is 1. The molecule has 1 saturated carbocycles. The Balaban J connectivity index is 1.58. The number of aromatic nitrogens is 2. The van der Waals surface area contributed by atoms with Crippen LogP contribution in [0.4, 0.5) is 0 Å². The van der Waals surface area contributed by atoms with Crippen LogP contribution in [-0.2, 0) is 12.0 Å². The lowest BCUT2D eigenvalue weighted by atomic mass is 9.96. The zero-order chi connectivity index (χ0) is 16.3. The van der Waals surface area contributed by atoms with Crippen molar-refractivity contribution in [3.05, 3.63) is 51.8 Å². The van der Waals surface area contributed by atoms with Gasteiger partial charge in [0.05, 0.1) is 6.20 Å². The van der Waals surface area contributed by atoms with Crippen LogP contribution in [0, 0.1) is 6.92 Å². The number of H-pyrrole nitrogens is 1. The SMILES string of the molecule is CN=C(NCc1cn[nH]c1C)NCC1(c2ccccc2Br)CC1. The number of nitrogens with one attached hydrogen (secondary N) is 3. The van der Waals surface area contributed by atoms with E-state index in [4.69, 9.17) is 0 Å². The van der Waals surface area contributed by atoms with E-state index in [-0.39, 0.29) is 5.41 Å². The summed E-state index contributed by atoms with van der Waals surface area (Å²) in [7, 11) is 1.80. The predicted octanol–water partition coefficient (Wildman–Crippen LogP) is 2.88. The van der Waals surface area contributed by atoms with E-state index in [9.17, 15) is 0 Å². The zero-order valence-corrected chi connectivity index (χ0v) is 15.1. The Kier molecular flexibility index (Phi) is 4.71. The van der Waals surface area contributed by atoms with E-state index in [1.807, 2.05) is 13.1 Å². The van der Waals surface area contributed by atoms with Crippen LogP contribution in [0.5, 0.6) is 0 Å². The summed E-state index contributed by atoms with van der Waals surface area (Å²) in [5, 5.41) is 13.8. The molecule has 0 bridgehead atoms. The third-order valence-corrected chi connectivity index (χ3v) is 5.19. The molecule has 1 aliphatic rings. The number of rotatable bonds is 5. The fraction of sp³-hybridized carbons (Fsp3) is 0.412. The summed E-state index contributed by atoms with van der Waals surface area (Å²) in [5.41, 5.74) is 3.84. The Labute approximate surface area is 145 Å². The van der Waals surface area contributed by atoms with Gasteiger partial charge in [-0.2, -0.15) is 5.10 Å². The van der Waals surface area contributed by atoms with E-state index < -0.39 is 0 Å². The summed E-state index contributed by atoms with van der Waals surface area (Å²) >= 11 is 3.68. The van der Waals surface area contributed by atoms with E-state index in [0.717, 1.165) is 23.8 Å². The van der Waals surface area contributed by atoms with E-state index >= 15 is 0 Å². The van der Waals surface area contributed by atoms with Crippen molar-refractivity contribution in [3.8, 4) is 0 Å². The van der Waals surface area contributed by atoms with E-state index in [1.165, 1.54) is 22.9 Å². The average molecular weight is 376 g/mol. The molecule has 1 aliphatic carbocycles. The fourth-order valence-electron chi connectivity index (χ4n) is 2.79. The van der Waals surface area contributed by atoms with Crippen molar-refractivity contribution in [3.63, 3.8) is 0 Å². The summed E-state index contributed by atoms with van der Waals surface area (Å²) in [6.45, 7) is 3.62. The van der Waals surface area contributed by atoms with Crippen LogP contribution in [0.3, 0.4) is 0 Å². The summed E-state index contributed by atoms with van der Waals surface area (Å²) in [5.74, 6) is 0.823. The van der Waals surface area contributed by atoms with Gasteiger partial charge in [-0.05, 0) is 31.4 Å². The van der Waals surface area contributed by atoms with E-state index in [2.05, 4.69) is 66.0 Å². The molecule has 0 saturated heterocycles. The third kappa shape index (κ3) is 3.58. The molecule has 3 N–H and O–H groups in total. The monoisotopic (exact) mass is 375 g/mol. The smallest absolute Gasteiger partial charge is 0.191 e. The maximum absolute atomic E-state index is 4.32. The van der Waals surface area contributed by atoms with Crippen molar-refractivity contribution in [1.82, 2.24) is 20.8 Å². The predicted molar refractivity (Wildman–Crippen MR) is 96.6 cm³/mol. The van der Waals surface area contributed by atoms with Gasteiger partial charge in [-0.25, -0.2) is 0 Å². The lowest BCUT2D eigenvalue weighted by Crippen LogP contribution is -2.41. The third-order valence-electron chi connectivity index (χ3n) is 4.50. The molecule has 6 heteroatoms. The summed E-state index contributed by atoms with van der Waals surface area (Å²) in [4.78, 5) is 4.32. The normalized spacial score (nSPS) is 16.2. The molecule has 0 spiro atoms. The number of guanidine groups is 1. The van der Waals surface area contributed by atoms with Gasteiger partial charge in [0, 0.05) is 41.3 Å². The van der Waals surface area contributed by atoms with Crippen LogP contribution in [0.2, 0.25) is 0 Å². The highest BCUT2D eigenvalue weighted by atomic mass is 79.9. The van der Waals surface area contributed by atoms with Crippen molar-refractivity contribution >= 4 is 21.9 Å². The van der Waals surface area contributed by atoms with Gasteiger partial charge in [-0.3, -0.25) is 10.1 Å². The molecular formula is C17H22BrN5. The lowest BCUT2D eigenvalue weighted by Gasteiger charge is -2.20. The second-order valence-corrected chi connectivity index (χ2v) is 6.91. The molecule has 0 unspecified atom stereocenters. The standard InChI is InChI=1S/C17H22BrN5/c1-12-13(10-22-23-12)9-20-16(19-2)21-11-17(7-8-17)14-5-3-4-6-15(14)18/h3-6,10H,7-9,11H2,1-2H3,(H,22,23)(H2,19,20,21). The number of aliphatic imine (C=N–C) groups is 1. The first kappa shape index (κ1) is 16.1. The first-order chi connectivity index (χ1) is 11.1. The van der Waals surface area contributed by atoms with Crippen LogP contribution in [-0.4, -0.2) is 29.7 Å². The molecule has 0 radical (unpaired) electrons. The van der Waals surface area contributed by atoms with Gasteiger partial charge in [-0.15, -0.1) is 0 Å². The van der Waals surface area contributed by atoms with Gasteiger partial charge in [0.25, 0.3) is 0 Å². The first-order valence-electron chi connectivity index (χ1n) is 7.83. The molecule has 2 aromatic rings. The van der Waals surface area contributed by atoms with Crippen molar-refractivity contribution in [2.24, 2.45) is 4.99 Å². The van der Waals surface area contributed by atoms with E-state index in [1.54, 1.807) is 7.05 Å². The molecule has 0 aliphatic heterocycles. The van der Waals surface area contributed by atoms with Crippen LogP contribution >= 0.6 is 15.9 Å². The second-order valence-electron chi connectivity index (χ2n) is 6.06. The zero-order valence-electron chi connectivity index (χ0n) is 13.5. The minimum atomic E-state index is 0.225. The summed E-state index contributed by atoms with van der Waals surface area (Å²) in [6.07, 6.45) is 4.26. The average Bonchev–Trinajstić information content (AvgIpc) is 3.23. The highest BCUT2D eigenvalue weighted by Gasteiger charge is 2.45. The molecule has 23 heavy (non-hydrogen) atoms. The highest BCUT2D eigenvalue weighted by Crippen LogP contribution is 2.49. The Bertz CT molecular complexity index is 703. The van der Waals surface area contributed by atoms with Gasteiger partial charge >= 0.3 is 0 Å². The molecule has 0 amide bonds. The van der Waals surface area contributed by atoms with Gasteiger partial charge in [0.1, 0.15) is 0 Å². The largest absolute Gasteiger partial charge is 0.356 e. The molecule has 0 atom stereocenters. The molecule has 1 aromatic carbocycles. The van der Waals surface area contributed by atoms with Crippen molar-refractivity contribution in [2.45, 2.75) is 31.7 Å². The van der Waals surface area contributed by atoms with Crippen LogP contribution in [0.1, 0.15) is 29.7 Å². The van der Waals surface area contributed by atoms with Crippen LogP contribution in [0.25, 0.3) is 0 Å². The topological polar surface area (TPSA) is 65.1 Å². The Hall–Kier alpha value is -1.82. The number of hydrogen-bond donors (Lipinski definition) is 3. The summed E-state index contributed by atoms with van der Waals surface area (Å²) < 4.78 is 1.19. The van der Waals surface area contributed by atoms with Gasteiger partial charge in [0.15, 0.2) is 5.96 Å². The highest BCUT2D eigenvalue weighted by molar-refractivity contribution is 9.10. The molecule has 3 rings (SSSR count). The molecule has 122 valence electrons. The Morgan fingerprint density at radius 1 is 1.35 bits per heavy atom. The molecule has 1 aromatic heterocycles. The van der Waals surface area contributed by atoms with Crippen molar-refractivity contribution in [1.29, 1.82) is 0 Å². The minimum absolute atomic E-state index is 0.225. The number of nitrogens with zero attached hydrogens (tertiary/aromatic N) is 2. The quantitative estimate of drug-likeness (QED) is 0.555. The molecule has 1 heterocycles. The van der Waals surface area contributed by atoms with Crippen molar-refractivity contribution in [2.75, 3.05) is 13.6 Å². The van der Waals surface area contributed by atoms with Gasteiger partial charge in [-0.1, -0.05) is 34.1 Å². The molecule has 5 nitrogen and oxygen atoms in total. The lowest BCUT2D eigenvalue weighted by molar-refractivity contribution is 0.643. The maximum Gasteiger partial charge on any atom is 0.191 e. The van der Waals surface area contributed by atoms with Crippen LogP contribution < -0.4 is 10.6 Å². The Morgan fingerprint density at radius 2 is 2.13 bits per heavy atom. The minimum Gasteiger partial charge on any atom is -0.356 e. The van der Waals surface area contributed by atoms with Gasteiger partial charge in [0.2, 0.25) is 0 Å². The number of halogens is 1. The Morgan fingerprint density at radius 3 is 2.74 bits per heavy atom.